The number of urea groups is 1. The molecule has 1 atom stereocenters. The Morgan fingerprint density at radius 2 is 2.05 bits per heavy atom. The normalized spacial score (nSPS) is 19.2. The number of hydrogen-bond acceptors (Lipinski definition) is 3. The van der Waals surface area contributed by atoms with Crippen molar-refractivity contribution in [2.75, 3.05) is 18.6 Å². The van der Waals surface area contributed by atoms with Crippen LogP contribution in [0.15, 0.2) is 24.3 Å². The number of imide groups is 1. The number of carbonyl (C=O) groups excluding carboxylic acids is 2. The molecule has 0 radical (unpaired) electrons. The van der Waals surface area contributed by atoms with Crippen LogP contribution < -0.4 is 15.0 Å². The molecule has 1 aliphatic rings. The molecular weight excluding hydrogens is 256 g/mol. The van der Waals surface area contributed by atoms with Crippen LogP contribution >= 0.6 is 0 Å². The van der Waals surface area contributed by atoms with Gasteiger partial charge in [0.05, 0.1) is 18.7 Å². The molecule has 1 aliphatic heterocycles. The zero-order valence-electron chi connectivity index (χ0n) is 12.1. The zero-order valence-corrected chi connectivity index (χ0v) is 12.1. The molecule has 1 heterocycles. The topological polar surface area (TPSA) is 58.6 Å². The monoisotopic (exact) mass is 276 g/mol. The molecule has 0 aliphatic carbocycles. The molecule has 1 fully saturated rings. The Morgan fingerprint density at radius 1 is 1.35 bits per heavy atom. The van der Waals surface area contributed by atoms with Crippen LogP contribution in [0.25, 0.3) is 0 Å². The summed E-state index contributed by atoms with van der Waals surface area (Å²) in [5.74, 6) is 0.573. The van der Waals surface area contributed by atoms with Gasteiger partial charge in [-0.15, -0.1) is 0 Å². The molecule has 20 heavy (non-hydrogen) atoms. The highest BCUT2D eigenvalue weighted by Gasteiger charge is 2.36. The highest BCUT2D eigenvalue weighted by atomic mass is 16.5. The summed E-state index contributed by atoms with van der Waals surface area (Å²) < 4.78 is 5.24. The first kappa shape index (κ1) is 14.4. The first-order valence-corrected chi connectivity index (χ1v) is 6.79. The lowest BCUT2D eigenvalue weighted by atomic mass is 9.94. The third-order valence-electron chi connectivity index (χ3n) is 3.35. The number of rotatable bonds is 4. The fraction of sp³-hybridized carbons (Fsp3) is 0.467. The Morgan fingerprint density at radius 3 is 2.70 bits per heavy atom. The van der Waals surface area contributed by atoms with E-state index in [0.29, 0.717) is 23.9 Å². The molecule has 0 spiro atoms. The van der Waals surface area contributed by atoms with Crippen LogP contribution in [0, 0.1) is 11.8 Å². The van der Waals surface area contributed by atoms with Crippen molar-refractivity contribution in [1.82, 2.24) is 5.32 Å². The van der Waals surface area contributed by atoms with Crippen LogP contribution in [0.3, 0.4) is 0 Å². The van der Waals surface area contributed by atoms with Crippen molar-refractivity contribution >= 4 is 17.6 Å². The van der Waals surface area contributed by atoms with E-state index in [2.05, 4.69) is 19.2 Å². The van der Waals surface area contributed by atoms with Gasteiger partial charge >= 0.3 is 6.03 Å². The van der Waals surface area contributed by atoms with Gasteiger partial charge in [-0.25, -0.2) is 9.69 Å². The molecule has 1 N–H and O–H groups in total. The van der Waals surface area contributed by atoms with Crippen molar-refractivity contribution in [2.24, 2.45) is 11.8 Å². The maximum absolute atomic E-state index is 12.5. The van der Waals surface area contributed by atoms with E-state index in [9.17, 15) is 9.59 Å². The van der Waals surface area contributed by atoms with Gasteiger partial charge in [-0.3, -0.25) is 4.79 Å². The Hall–Kier alpha value is -2.04. The molecule has 1 unspecified atom stereocenters. The third-order valence-corrected chi connectivity index (χ3v) is 3.35. The third kappa shape index (κ3) is 2.76. The molecule has 0 aromatic heterocycles. The van der Waals surface area contributed by atoms with E-state index in [1.54, 1.807) is 24.3 Å². The Bertz CT molecular complexity index is 514. The van der Waals surface area contributed by atoms with Crippen molar-refractivity contribution in [1.29, 1.82) is 0 Å². The maximum atomic E-state index is 12.5. The number of carbonyl (C=O) groups is 2. The Balaban J connectivity index is 2.32. The highest BCUT2D eigenvalue weighted by Crippen LogP contribution is 2.31. The first-order chi connectivity index (χ1) is 9.54. The van der Waals surface area contributed by atoms with Gasteiger partial charge < -0.3 is 10.1 Å². The lowest BCUT2D eigenvalue weighted by molar-refractivity contribution is -0.122. The molecule has 5 heteroatoms. The SMILES string of the molecule is COc1ccccc1N1C(=O)NCC(CC(C)C)C1=O. The van der Waals surface area contributed by atoms with E-state index in [4.69, 9.17) is 4.74 Å². The number of ether oxygens (including phenoxy) is 1. The number of hydrogen-bond donors (Lipinski definition) is 1. The number of methoxy groups -OCH3 is 1. The summed E-state index contributed by atoms with van der Waals surface area (Å²) in [7, 11) is 1.52. The largest absolute Gasteiger partial charge is 0.495 e. The molecular formula is C15H20N2O3. The second-order valence-corrected chi connectivity index (χ2v) is 5.36. The smallest absolute Gasteiger partial charge is 0.328 e. The second-order valence-electron chi connectivity index (χ2n) is 5.36. The summed E-state index contributed by atoms with van der Waals surface area (Å²) in [6.45, 7) is 4.54. The summed E-state index contributed by atoms with van der Waals surface area (Å²) in [5.41, 5.74) is 0.492. The number of para-hydroxylation sites is 2. The Labute approximate surface area is 118 Å². The fourth-order valence-electron chi connectivity index (χ4n) is 2.46. The van der Waals surface area contributed by atoms with Gasteiger partial charge in [-0.05, 0) is 24.5 Å². The average molecular weight is 276 g/mol. The van der Waals surface area contributed by atoms with Gasteiger partial charge in [-0.1, -0.05) is 26.0 Å². The second kappa shape index (κ2) is 5.94. The molecule has 1 saturated heterocycles. The number of nitrogens with zero attached hydrogens (tertiary/aromatic N) is 1. The number of benzene rings is 1. The lowest BCUT2D eigenvalue weighted by Gasteiger charge is -2.32. The van der Waals surface area contributed by atoms with E-state index in [1.807, 2.05) is 0 Å². The molecule has 108 valence electrons. The van der Waals surface area contributed by atoms with Crippen LogP contribution in [0.4, 0.5) is 10.5 Å². The summed E-state index contributed by atoms with van der Waals surface area (Å²) in [4.78, 5) is 25.8. The lowest BCUT2D eigenvalue weighted by Crippen LogP contribution is -2.55. The van der Waals surface area contributed by atoms with Crippen LogP contribution in [-0.2, 0) is 4.79 Å². The summed E-state index contributed by atoms with van der Waals surface area (Å²) in [5, 5.41) is 2.78. The van der Waals surface area contributed by atoms with E-state index < -0.39 is 0 Å². The van der Waals surface area contributed by atoms with Crippen LogP contribution in [0.1, 0.15) is 20.3 Å². The van der Waals surface area contributed by atoms with Gasteiger partial charge in [0.25, 0.3) is 0 Å². The maximum Gasteiger partial charge on any atom is 0.328 e. The van der Waals surface area contributed by atoms with Gasteiger partial charge in [0.1, 0.15) is 5.75 Å². The minimum atomic E-state index is -0.389. The molecule has 0 bridgehead atoms. The van der Waals surface area contributed by atoms with Gasteiger partial charge in [0, 0.05) is 6.54 Å². The van der Waals surface area contributed by atoms with Crippen molar-refractivity contribution < 1.29 is 14.3 Å². The highest BCUT2D eigenvalue weighted by molar-refractivity contribution is 6.17. The number of amides is 3. The molecule has 3 amide bonds. The van der Waals surface area contributed by atoms with Gasteiger partial charge in [0.2, 0.25) is 5.91 Å². The average Bonchev–Trinajstić information content (AvgIpc) is 2.42. The molecule has 2 rings (SSSR count). The predicted octanol–water partition coefficient (Wildman–Crippen LogP) is 2.41. The summed E-state index contributed by atoms with van der Waals surface area (Å²) in [6.07, 6.45) is 0.755. The molecule has 1 aromatic rings. The van der Waals surface area contributed by atoms with E-state index >= 15 is 0 Å². The van der Waals surface area contributed by atoms with Crippen molar-refractivity contribution in [3.8, 4) is 5.75 Å². The standard InChI is InChI=1S/C15H20N2O3/c1-10(2)8-11-9-16-15(19)17(14(11)18)12-6-4-5-7-13(12)20-3/h4-7,10-11H,8-9H2,1-3H3,(H,16,19). The van der Waals surface area contributed by atoms with Gasteiger partial charge in [0.15, 0.2) is 0 Å². The number of nitrogens with one attached hydrogen (secondary N) is 1. The molecule has 0 saturated carbocycles. The zero-order chi connectivity index (χ0) is 14.7. The molecule has 1 aromatic carbocycles. The van der Waals surface area contributed by atoms with Gasteiger partial charge in [-0.2, -0.15) is 0 Å². The van der Waals surface area contributed by atoms with Crippen LogP contribution in [-0.4, -0.2) is 25.6 Å². The van der Waals surface area contributed by atoms with Crippen molar-refractivity contribution in [3.05, 3.63) is 24.3 Å². The van der Waals surface area contributed by atoms with E-state index in [0.717, 1.165) is 6.42 Å². The summed E-state index contributed by atoms with van der Waals surface area (Å²) >= 11 is 0. The Kier molecular flexibility index (Phi) is 4.27. The van der Waals surface area contributed by atoms with E-state index in [-0.39, 0.29) is 17.9 Å². The quantitative estimate of drug-likeness (QED) is 0.918. The predicted molar refractivity (Wildman–Crippen MR) is 76.8 cm³/mol. The molecule has 5 nitrogen and oxygen atoms in total. The van der Waals surface area contributed by atoms with E-state index in [1.165, 1.54) is 12.0 Å². The summed E-state index contributed by atoms with van der Waals surface area (Å²) in [6, 6.07) is 6.65. The first-order valence-electron chi connectivity index (χ1n) is 6.79. The fourth-order valence-corrected chi connectivity index (χ4v) is 2.46. The minimum Gasteiger partial charge on any atom is -0.495 e. The van der Waals surface area contributed by atoms with Crippen molar-refractivity contribution in [3.63, 3.8) is 0 Å². The minimum absolute atomic E-state index is 0.160. The number of anilines is 1. The van der Waals surface area contributed by atoms with Crippen LogP contribution in [0.2, 0.25) is 0 Å². The van der Waals surface area contributed by atoms with Crippen LogP contribution in [0.5, 0.6) is 5.75 Å². The van der Waals surface area contributed by atoms with Crippen molar-refractivity contribution in [2.45, 2.75) is 20.3 Å².